The van der Waals surface area contributed by atoms with E-state index in [1.54, 1.807) is 13.0 Å². The number of esters is 1. The summed E-state index contributed by atoms with van der Waals surface area (Å²) >= 11 is 6.83. The molecule has 0 aliphatic heterocycles. The van der Waals surface area contributed by atoms with Gasteiger partial charge in [0.15, 0.2) is 0 Å². The molecule has 0 spiro atoms. The second-order valence-corrected chi connectivity index (χ2v) is 5.17. The number of benzene rings is 1. The molecule has 0 bridgehead atoms. The molecule has 0 saturated carbocycles. The van der Waals surface area contributed by atoms with Gasteiger partial charge in [-0.25, -0.2) is 4.79 Å². The zero-order valence-corrected chi connectivity index (χ0v) is 12.2. The topological polar surface area (TPSA) is 39.2 Å². The number of aromatic nitrogens is 1. The van der Waals surface area contributed by atoms with Crippen LogP contribution in [0.3, 0.4) is 0 Å². The lowest BCUT2D eigenvalue weighted by Gasteiger charge is -2.05. The number of pyridine rings is 1. The molecule has 1 heterocycles. The zero-order chi connectivity index (χ0) is 12.4. The van der Waals surface area contributed by atoms with Crippen LogP contribution in [-0.2, 0) is 4.74 Å². The molecule has 5 heteroatoms. The minimum absolute atomic E-state index is 0.349. The Morgan fingerprint density at radius 3 is 2.82 bits per heavy atom. The third-order valence-corrected chi connectivity index (χ3v) is 3.27. The smallest absolute Gasteiger partial charge is 0.339 e. The maximum atomic E-state index is 11.6. The number of halogens is 2. The monoisotopic (exact) mass is 357 g/mol. The molecule has 1 aromatic carbocycles. The quantitative estimate of drug-likeness (QED) is 0.763. The van der Waals surface area contributed by atoms with E-state index in [4.69, 9.17) is 4.74 Å². The van der Waals surface area contributed by atoms with Gasteiger partial charge in [-0.2, -0.15) is 0 Å². The first-order chi connectivity index (χ1) is 8.11. The Morgan fingerprint density at radius 1 is 1.35 bits per heavy atom. The van der Waals surface area contributed by atoms with E-state index >= 15 is 0 Å². The molecule has 2 rings (SSSR count). The average Bonchev–Trinajstić information content (AvgIpc) is 2.28. The molecule has 0 unspecified atom stereocenters. The maximum absolute atomic E-state index is 11.6. The predicted octanol–water partition coefficient (Wildman–Crippen LogP) is 3.94. The van der Waals surface area contributed by atoms with Crippen molar-refractivity contribution in [2.45, 2.75) is 6.92 Å². The summed E-state index contributed by atoms with van der Waals surface area (Å²) in [6.45, 7) is 2.14. The number of carbonyl (C=O) groups excluding carboxylic acids is 1. The molecular weight excluding hydrogens is 350 g/mol. The fraction of sp³-hybridized carbons (Fsp3) is 0.167. The van der Waals surface area contributed by atoms with Crippen molar-refractivity contribution in [3.05, 3.63) is 38.9 Å². The van der Waals surface area contributed by atoms with Gasteiger partial charge in [-0.1, -0.05) is 15.9 Å². The summed E-state index contributed by atoms with van der Waals surface area (Å²) in [4.78, 5) is 15.8. The van der Waals surface area contributed by atoms with E-state index < -0.39 is 0 Å². The van der Waals surface area contributed by atoms with Crippen LogP contribution in [0.4, 0.5) is 0 Å². The normalized spacial score (nSPS) is 10.5. The lowest BCUT2D eigenvalue weighted by Crippen LogP contribution is -2.05. The lowest BCUT2D eigenvalue weighted by molar-refractivity contribution is 0.0526. The van der Waals surface area contributed by atoms with E-state index in [1.165, 1.54) is 6.20 Å². The summed E-state index contributed by atoms with van der Waals surface area (Å²) in [7, 11) is 0. The highest BCUT2D eigenvalue weighted by Gasteiger charge is 2.09. The Labute approximate surface area is 115 Å². The molecule has 0 atom stereocenters. The number of carbonyl (C=O) groups is 1. The molecule has 88 valence electrons. The van der Waals surface area contributed by atoms with Gasteiger partial charge in [0.1, 0.15) is 0 Å². The summed E-state index contributed by atoms with van der Waals surface area (Å²) < 4.78 is 6.75. The summed E-state index contributed by atoms with van der Waals surface area (Å²) in [5.74, 6) is -0.349. The number of ether oxygens (including phenoxy) is 1. The molecule has 0 N–H and O–H groups in total. The number of hydrogen-bond acceptors (Lipinski definition) is 3. The van der Waals surface area contributed by atoms with Crippen LogP contribution < -0.4 is 0 Å². The Hall–Kier alpha value is -0.940. The van der Waals surface area contributed by atoms with Gasteiger partial charge in [0, 0.05) is 20.5 Å². The predicted molar refractivity (Wildman–Crippen MR) is 73.1 cm³/mol. The van der Waals surface area contributed by atoms with E-state index in [-0.39, 0.29) is 5.97 Å². The molecule has 2 aromatic rings. The van der Waals surface area contributed by atoms with Crippen LogP contribution >= 0.6 is 31.9 Å². The second-order valence-electron chi connectivity index (χ2n) is 3.40. The minimum atomic E-state index is -0.349. The van der Waals surface area contributed by atoms with Gasteiger partial charge in [0.05, 0.1) is 17.7 Å². The Morgan fingerprint density at radius 2 is 2.12 bits per heavy atom. The SMILES string of the molecule is CCOC(=O)c1cnc2c(Br)cc(Br)cc2c1. The molecule has 0 aliphatic carbocycles. The van der Waals surface area contributed by atoms with E-state index in [0.29, 0.717) is 12.2 Å². The standard InChI is InChI=1S/C12H9Br2NO2/c1-2-17-12(16)8-3-7-4-9(13)5-10(14)11(7)15-6-8/h3-6H,2H2,1H3. The van der Waals surface area contributed by atoms with Crippen molar-refractivity contribution in [3.63, 3.8) is 0 Å². The van der Waals surface area contributed by atoms with Gasteiger partial charge in [0.25, 0.3) is 0 Å². The largest absolute Gasteiger partial charge is 0.462 e. The lowest BCUT2D eigenvalue weighted by atomic mass is 10.1. The fourth-order valence-electron chi connectivity index (χ4n) is 1.50. The highest BCUT2D eigenvalue weighted by molar-refractivity contribution is 9.11. The molecule has 1 aromatic heterocycles. The number of fused-ring (bicyclic) bond motifs is 1. The first-order valence-electron chi connectivity index (χ1n) is 5.03. The minimum Gasteiger partial charge on any atom is -0.462 e. The van der Waals surface area contributed by atoms with Crippen LogP contribution in [0.25, 0.3) is 10.9 Å². The molecular formula is C12H9Br2NO2. The third-order valence-electron chi connectivity index (χ3n) is 2.21. The third kappa shape index (κ3) is 2.66. The average molecular weight is 359 g/mol. The number of nitrogens with zero attached hydrogens (tertiary/aromatic N) is 1. The molecule has 0 aliphatic rings. The van der Waals surface area contributed by atoms with Crippen molar-refractivity contribution in [3.8, 4) is 0 Å². The van der Waals surface area contributed by atoms with Crippen molar-refractivity contribution < 1.29 is 9.53 Å². The van der Waals surface area contributed by atoms with Crippen LogP contribution in [0.2, 0.25) is 0 Å². The van der Waals surface area contributed by atoms with Gasteiger partial charge in [-0.3, -0.25) is 4.98 Å². The molecule has 17 heavy (non-hydrogen) atoms. The van der Waals surface area contributed by atoms with Crippen LogP contribution in [0.5, 0.6) is 0 Å². The maximum Gasteiger partial charge on any atom is 0.339 e. The van der Waals surface area contributed by atoms with E-state index in [9.17, 15) is 4.79 Å². The molecule has 0 amide bonds. The van der Waals surface area contributed by atoms with E-state index in [1.807, 2.05) is 12.1 Å². The highest BCUT2D eigenvalue weighted by atomic mass is 79.9. The summed E-state index contributed by atoms with van der Waals surface area (Å²) in [6, 6.07) is 5.60. The number of rotatable bonds is 2. The van der Waals surface area contributed by atoms with Gasteiger partial charge < -0.3 is 4.74 Å². The first kappa shape index (κ1) is 12.5. The van der Waals surface area contributed by atoms with Crippen molar-refractivity contribution in [1.82, 2.24) is 4.98 Å². The second kappa shape index (κ2) is 5.14. The molecule has 0 saturated heterocycles. The summed E-state index contributed by atoms with van der Waals surface area (Å²) in [6.07, 6.45) is 1.53. The first-order valence-corrected chi connectivity index (χ1v) is 6.62. The van der Waals surface area contributed by atoms with Gasteiger partial charge in [-0.15, -0.1) is 0 Å². The van der Waals surface area contributed by atoms with E-state index in [2.05, 4.69) is 36.8 Å². The van der Waals surface area contributed by atoms with Gasteiger partial charge >= 0.3 is 5.97 Å². The van der Waals surface area contributed by atoms with E-state index in [0.717, 1.165) is 19.8 Å². The van der Waals surface area contributed by atoms with Gasteiger partial charge in [-0.05, 0) is 41.1 Å². The highest BCUT2D eigenvalue weighted by Crippen LogP contribution is 2.27. The van der Waals surface area contributed by atoms with Crippen LogP contribution in [0.1, 0.15) is 17.3 Å². The van der Waals surface area contributed by atoms with Crippen LogP contribution in [0, 0.1) is 0 Å². The number of hydrogen-bond donors (Lipinski definition) is 0. The fourth-order valence-corrected chi connectivity index (χ4v) is 2.86. The molecule has 0 fully saturated rings. The Kier molecular flexibility index (Phi) is 3.79. The van der Waals surface area contributed by atoms with Crippen LogP contribution in [-0.4, -0.2) is 17.6 Å². The van der Waals surface area contributed by atoms with Gasteiger partial charge in [0.2, 0.25) is 0 Å². The molecule has 0 radical (unpaired) electrons. The Balaban J connectivity index is 2.54. The molecule has 3 nitrogen and oxygen atoms in total. The zero-order valence-electron chi connectivity index (χ0n) is 9.04. The van der Waals surface area contributed by atoms with Crippen molar-refractivity contribution in [2.24, 2.45) is 0 Å². The summed E-state index contributed by atoms with van der Waals surface area (Å²) in [5, 5.41) is 0.886. The van der Waals surface area contributed by atoms with Crippen LogP contribution in [0.15, 0.2) is 33.3 Å². The van der Waals surface area contributed by atoms with Crippen molar-refractivity contribution in [1.29, 1.82) is 0 Å². The van der Waals surface area contributed by atoms with Crippen molar-refractivity contribution >= 4 is 48.7 Å². The van der Waals surface area contributed by atoms with Crippen molar-refractivity contribution in [2.75, 3.05) is 6.61 Å². The Bertz CT molecular complexity index is 584. The summed E-state index contributed by atoms with van der Waals surface area (Å²) in [5.41, 5.74) is 1.28.